The van der Waals surface area contributed by atoms with Crippen LogP contribution in [0.2, 0.25) is 5.02 Å². The van der Waals surface area contributed by atoms with E-state index in [-0.39, 0.29) is 11.8 Å². The second-order valence-corrected chi connectivity index (χ2v) is 6.68. The number of anilines is 1. The average molecular weight is 357 g/mol. The second-order valence-electron chi connectivity index (χ2n) is 6.25. The van der Waals surface area contributed by atoms with Crippen molar-refractivity contribution in [3.8, 4) is 0 Å². The predicted octanol–water partition coefficient (Wildman–Crippen LogP) is 4.61. The molecule has 0 atom stereocenters. The van der Waals surface area contributed by atoms with E-state index in [4.69, 9.17) is 11.6 Å². The van der Waals surface area contributed by atoms with Gasteiger partial charge in [-0.2, -0.15) is 0 Å². The first-order valence-corrected chi connectivity index (χ1v) is 8.97. The number of hydrogen-bond acceptors (Lipinski definition) is 2. The predicted molar refractivity (Wildman–Crippen MR) is 100 cm³/mol. The van der Waals surface area contributed by atoms with Gasteiger partial charge >= 0.3 is 0 Å². The monoisotopic (exact) mass is 356 g/mol. The molecule has 0 bridgehead atoms. The molecule has 1 aliphatic heterocycles. The Bertz CT molecular complexity index is 751. The van der Waals surface area contributed by atoms with Crippen molar-refractivity contribution in [2.45, 2.75) is 25.7 Å². The highest BCUT2D eigenvalue weighted by Gasteiger charge is 2.18. The van der Waals surface area contributed by atoms with Gasteiger partial charge in [0.2, 0.25) is 0 Å². The van der Waals surface area contributed by atoms with Gasteiger partial charge in [-0.05, 0) is 55.3 Å². The average Bonchev–Trinajstić information content (AvgIpc) is 2.92. The van der Waals surface area contributed by atoms with Crippen LogP contribution in [0.1, 0.15) is 46.4 Å². The number of hydrogen-bond donors (Lipinski definition) is 1. The van der Waals surface area contributed by atoms with Crippen molar-refractivity contribution < 1.29 is 9.59 Å². The molecule has 5 heteroatoms. The van der Waals surface area contributed by atoms with Crippen molar-refractivity contribution in [2.75, 3.05) is 18.4 Å². The van der Waals surface area contributed by atoms with E-state index < -0.39 is 0 Å². The molecule has 4 nitrogen and oxygen atoms in total. The van der Waals surface area contributed by atoms with Crippen molar-refractivity contribution in [1.82, 2.24) is 4.90 Å². The molecule has 0 saturated carbocycles. The number of amides is 2. The zero-order valence-electron chi connectivity index (χ0n) is 14.0. The van der Waals surface area contributed by atoms with E-state index in [1.165, 1.54) is 12.8 Å². The summed E-state index contributed by atoms with van der Waals surface area (Å²) in [7, 11) is 0. The third-order valence-corrected chi connectivity index (χ3v) is 4.62. The van der Waals surface area contributed by atoms with E-state index in [2.05, 4.69) is 5.32 Å². The number of carbonyl (C=O) groups excluding carboxylic acids is 2. The summed E-state index contributed by atoms with van der Waals surface area (Å²) in [5.74, 6) is -0.240. The maximum Gasteiger partial charge on any atom is 0.255 e. The molecule has 1 fully saturated rings. The Kier molecular flexibility index (Phi) is 5.71. The van der Waals surface area contributed by atoms with Crippen molar-refractivity contribution >= 4 is 29.1 Å². The largest absolute Gasteiger partial charge is 0.339 e. The van der Waals surface area contributed by atoms with Crippen LogP contribution < -0.4 is 5.32 Å². The minimum Gasteiger partial charge on any atom is -0.339 e. The molecule has 0 aromatic heterocycles. The summed E-state index contributed by atoms with van der Waals surface area (Å²) in [6, 6.07) is 13.8. The number of carbonyl (C=O) groups is 2. The normalized spacial score (nSPS) is 14.7. The van der Waals surface area contributed by atoms with E-state index in [1.807, 2.05) is 4.90 Å². The van der Waals surface area contributed by atoms with Gasteiger partial charge in [-0.1, -0.05) is 30.5 Å². The molecular weight excluding hydrogens is 336 g/mol. The third kappa shape index (κ3) is 4.60. The van der Waals surface area contributed by atoms with E-state index in [1.54, 1.807) is 48.5 Å². The van der Waals surface area contributed by atoms with Crippen LogP contribution in [0.3, 0.4) is 0 Å². The minimum atomic E-state index is -0.243. The molecule has 1 N–H and O–H groups in total. The van der Waals surface area contributed by atoms with Crippen LogP contribution in [0.5, 0.6) is 0 Å². The molecular formula is C20H21ClN2O2. The second kappa shape index (κ2) is 8.17. The van der Waals surface area contributed by atoms with Crippen molar-refractivity contribution in [3.05, 3.63) is 64.7 Å². The van der Waals surface area contributed by atoms with Gasteiger partial charge < -0.3 is 10.2 Å². The molecule has 0 spiro atoms. The molecule has 0 unspecified atom stereocenters. The Morgan fingerprint density at radius 1 is 0.880 bits per heavy atom. The smallest absolute Gasteiger partial charge is 0.255 e. The Balaban J connectivity index is 1.72. The lowest BCUT2D eigenvalue weighted by Gasteiger charge is -2.20. The van der Waals surface area contributed by atoms with Gasteiger partial charge in [0, 0.05) is 34.9 Å². The Labute approximate surface area is 152 Å². The van der Waals surface area contributed by atoms with Crippen LogP contribution in [0.4, 0.5) is 5.69 Å². The van der Waals surface area contributed by atoms with Crippen LogP contribution in [0.25, 0.3) is 0 Å². The van der Waals surface area contributed by atoms with Crippen LogP contribution >= 0.6 is 11.6 Å². The fourth-order valence-corrected chi connectivity index (χ4v) is 3.11. The first-order chi connectivity index (χ1) is 12.1. The lowest BCUT2D eigenvalue weighted by molar-refractivity contribution is 0.0761. The number of likely N-dealkylation sites (tertiary alicyclic amines) is 1. The highest BCUT2D eigenvalue weighted by atomic mass is 35.5. The Hall–Kier alpha value is -2.33. The molecule has 1 aliphatic rings. The van der Waals surface area contributed by atoms with Crippen molar-refractivity contribution in [2.24, 2.45) is 0 Å². The fourth-order valence-electron chi connectivity index (χ4n) is 2.99. The SMILES string of the molecule is O=C(Nc1ccc(Cl)cc1)c1cccc(C(=O)N2CCCCCC2)c1. The van der Waals surface area contributed by atoms with Crippen molar-refractivity contribution in [3.63, 3.8) is 0 Å². The Morgan fingerprint density at radius 2 is 1.52 bits per heavy atom. The summed E-state index contributed by atoms with van der Waals surface area (Å²) in [5, 5.41) is 3.43. The topological polar surface area (TPSA) is 49.4 Å². The Morgan fingerprint density at radius 3 is 2.20 bits per heavy atom. The maximum absolute atomic E-state index is 12.7. The zero-order valence-corrected chi connectivity index (χ0v) is 14.8. The third-order valence-electron chi connectivity index (χ3n) is 4.37. The number of benzene rings is 2. The van der Waals surface area contributed by atoms with Gasteiger partial charge in [-0.15, -0.1) is 0 Å². The standard InChI is InChI=1S/C20H21ClN2O2/c21-17-8-10-18(11-9-17)22-19(24)15-6-5-7-16(14-15)20(25)23-12-3-1-2-4-13-23/h5-11,14H,1-4,12-13H2,(H,22,24). The molecule has 3 rings (SSSR count). The summed E-state index contributed by atoms with van der Waals surface area (Å²) < 4.78 is 0. The summed E-state index contributed by atoms with van der Waals surface area (Å²) in [6.45, 7) is 1.58. The molecule has 25 heavy (non-hydrogen) atoms. The van der Waals surface area contributed by atoms with E-state index in [9.17, 15) is 9.59 Å². The summed E-state index contributed by atoms with van der Waals surface area (Å²) in [4.78, 5) is 27.0. The quantitative estimate of drug-likeness (QED) is 0.873. The van der Waals surface area contributed by atoms with Gasteiger partial charge in [0.25, 0.3) is 11.8 Å². The first-order valence-electron chi connectivity index (χ1n) is 8.60. The molecule has 2 aromatic carbocycles. The van der Waals surface area contributed by atoms with Gasteiger partial charge in [0.05, 0.1) is 0 Å². The summed E-state index contributed by atoms with van der Waals surface area (Å²) in [6.07, 6.45) is 4.44. The summed E-state index contributed by atoms with van der Waals surface area (Å²) >= 11 is 5.85. The number of rotatable bonds is 3. The number of nitrogens with one attached hydrogen (secondary N) is 1. The maximum atomic E-state index is 12.7. The lowest BCUT2D eigenvalue weighted by Crippen LogP contribution is -2.32. The van der Waals surface area contributed by atoms with E-state index >= 15 is 0 Å². The highest BCUT2D eigenvalue weighted by molar-refractivity contribution is 6.30. The van der Waals surface area contributed by atoms with Crippen LogP contribution in [0.15, 0.2) is 48.5 Å². The zero-order chi connectivity index (χ0) is 17.6. The van der Waals surface area contributed by atoms with Crippen LogP contribution in [-0.2, 0) is 0 Å². The molecule has 1 heterocycles. The molecule has 2 amide bonds. The fraction of sp³-hybridized carbons (Fsp3) is 0.300. The van der Waals surface area contributed by atoms with Crippen molar-refractivity contribution in [1.29, 1.82) is 0 Å². The molecule has 0 radical (unpaired) electrons. The van der Waals surface area contributed by atoms with Crippen LogP contribution in [-0.4, -0.2) is 29.8 Å². The highest BCUT2D eigenvalue weighted by Crippen LogP contribution is 2.17. The van der Waals surface area contributed by atoms with E-state index in [0.29, 0.717) is 21.8 Å². The van der Waals surface area contributed by atoms with Gasteiger partial charge in [-0.3, -0.25) is 9.59 Å². The summed E-state index contributed by atoms with van der Waals surface area (Å²) in [5.41, 5.74) is 1.69. The molecule has 0 aliphatic carbocycles. The lowest BCUT2D eigenvalue weighted by atomic mass is 10.1. The number of nitrogens with zero attached hydrogens (tertiary/aromatic N) is 1. The molecule has 1 saturated heterocycles. The van der Waals surface area contributed by atoms with Gasteiger partial charge in [0.1, 0.15) is 0 Å². The molecule has 2 aromatic rings. The van der Waals surface area contributed by atoms with E-state index in [0.717, 1.165) is 25.9 Å². The first kappa shape index (κ1) is 17.5. The van der Waals surface area contributed by atoms with Crippen LogP contribution in [0, 0.1) is 0 Å². The molecule has 130 valence electrons. The minimum absolute atomic E-state index is 0.00282. The number of halogens is 1. The van der Waals surface area contributed by atoms with Gasteiger partial charge in [-0.25, -0.2) is 0 Å². The van der Waals surface area contributed by atoms with Gasteiger partial charge in [0.15, 0.2) is 0 Å².